The number of benzene rings is 1. The van der Waals surface area contributed by atoms with Gasteiger partial charge in [-0.3, -0.25) is 9.59 Å². The number of nitrogens with one attached hydrogen (secondary N) is 1. The van der Waals surface area contributed by atoms with Gasteiger partial charge < -0.3 is 19.9 Å². The Balaban J connectivity index is 1.47. The highest BCUT2D eigenvalue weighted by Crippen LogP contribution is 2.11. The molecule has 1 unspecified atom stereocenters. The molecule has 1 aromatic heterocycles. The van der Waals surface area contributed by atoms with Gasteiger partial charge in [0.2, 0.25) is 5.95 Å². The van der Waals surface area contributed by atoms with Gasteiger partial charge in [-0.2, -0.15) is 0 Å². The maximum Gasteiger partial charge on any atom is 0.329 e. The van der Waals surface area contributed by atoms with Gasteiger partial charge in [0, 0.05) is 44.1 Å². The number of ether oxygens (including phenoxy) is 1. The van der Waals surface area contributed by atoms with Gasteiger partial charge in [-0.25, -0.2) is 14.8 Å². The molecule has 1 fully saturated rings. The van der Waals surface area contributed by atoms with Crippen molar-refractivity contribution in [1.82, 2.24) is 20.2 Å². The molecule has 0 radical (unpaired) electrons. The van der Waals surface area contributed by atoms with Crippen LogP contribution in [0.1, 0.15) is 24.2 Å². The van der Waals surface area contributed by atoms with E-state index in [-0.39, 0.29) is 11.8 Å². The molecule has 0 bridgehead atoms. The highest BCUT2D eigenvalue weighted by molar-refractivity contribution is 5.96. The van der Waals surface area contributed by atoms with Gasteiger partial charge >= 0.3 is 5.97 Å². The van der Waals surface area contributed by atoms with Crippen LogP contribution >= 0.6 is 0 Å². The zero-order valence-corrected chi connectivity index (χ0v) is 17.0. The third kappa shape index (κ3) is 5.31. The lowest BCUT2D eigenvalue weighted by Crippen LogP contribution is -2.52. The van der Waals surface area contributed by atoms with Crippen LogP contribution in [-0.4, -0.2) is 71.0 Å². The molecule has 1 aliphatic rings. The van der Waals surface area contributed by atoms with Crippen molar-refractivity contribution < 1.29 is 19.1 Å². The Morgan fingerprint density at radius 1 is 0.967 bits per heavy atom. The second-order valence-electron chi connectivity index (χ2n) is 7.00. The normalized spacial score (nSPS) is 15.8. The molecule has 30 heavy (non-hydrogen) atoms. The van der Waals surface area contributed by atoms with Crippen molar-refractivity contribution in [3.8, 4) is 0 Å². The van der Waals surface area contributed by atoms with E-state index in [1.54, 1.807) is 60.6 Å². The summed E-state index contributed by atoms with van der Waals surface area (Å²) in [5.74, 6) is -0.666. The summed E-state index contributed by atoms with van der Waals surface area (Å²) in [6, 6.07) is 9.46. The smallest absolute Gasteiger partial charge is 0.329 e. The molecule has 0 saturated carbocycles. The van der Waals surface area contributed by atoms with Crippen LogP contribution in [0.4, 0.5) is 5.95 Å². The van der Waals surface area contributed by atoms with Gasteiger partial charge in [0.1, 0.15) is 6.04 Å². The van der Waals surface area contributed by atoms with Crippen LogP contribution in [0.2, 0.25) is 0 Å². The Morgan fingerprint density at radius 3 is 2.23 bits per heavy atom. The molecule has 2 atom stereocenters. The first-order valence-corrected chi connectivity index (χ1v) is 9.83. The van der Waals surface area contributed by atoms with E-state index < -0.39 is 18.1 Å². The fourth-order valence-electron chi connectivity index (χ4n) is 3.09. The lowest BCUT2D eigenvalue weighted by Gasteiger charge is -2.35. The molecule has 1 aliphatic heterocycles. The second kappa shape index (κ2) is 9.82. The summed E-state index contributed by atoms with van der Waals surface area (Å²) in [6.45, 7) is 5.23. The van der Waals surface area contributed by atoms with Crippen LogP contribution in [0.25, 0.3) is 0 Å². The summed E-state index contributed by atoms with van der Waals surface area (Å²) < 4.78 is 5.29. The molecule has 9 nitrogen and oxygen atoms in total. The molecule has 2 amide bonds. The molecule has 9 heteroatoms. The van der Waals surface area contributed by atoms with Crippen LogP contribution in [0.15, 0.2) is 48.8 Å². The maximum absolute atomic E-state index is 12.7. The average molecular weight is 411 g/mol. The first-order chi connectivity index (χ1) is 14.5. The topological polar surface area (TPSA) is 105 Å². The van der Waals surface area contributed by atoms with Crippen molar-refractivity contribution in [2.45, 2.75) is 26.0 Å². The van der Waals surface area contributed by atoms with Crippen molar-refractivity contribution in [1.29, 1.82) is 0 Å². The number of anilines is 1. The van der Waals surface area contributed by atoms with Crippen molar-refractivity contribution in [3.05, 3.63) is 54.4 Å². The lowest BCUT2D eigenvalue weighted by atomic mass is 10.2. The number of aromatic nitrogens is 2. The number of esters is 1. The summed E-state index contributed by atoms with van der Waals surface area (Å²) in [5.41, 5.74) is 0.446. The van der Waals surface area contributed by atoms with E-state index in [1.807, 2.05) is 4.90 Å². The molecular weight excluding hydrogens is 386 g/mol. The first-order valence-electron chi connectivity index (χ1n) is 9.83. The zero-order chi connectivity index (χ0) is 21.5. The fraction of sp³-hybridized carbons (Fsp3) is 0.381. The number of nitrogens with zero attached hydrogens (tertiary/aromatic N) is 4. The Labute approximate surface area is 175 Å². The number of hydrogen-bond donors (Lipinski definition) is 1. The van der Waals surface area contributed by atoms with Crippen molar-refractivity contribution in [2.24, 2.45) is 0 Å². The van der Waals surface area contributed by atoms with E-state index in [1.165, 1.54) is 6.92 Å². The molecule has 2 aromatic rings. The number of hydrogen-bond acceptors (Lipinski definition) is 7. The molecule has 3 rings (SSSR count). The quantitative estimate of drug-likeness (QED) is 0.704. The Hall–Kier alpha value is -3.49. The maximum atomic E-state index is 12.7. The molecule has 0 aliphatic carbocycles. The Morgan fingerprint density at radius 2 is 1.60 bits per heavy atom. The summed E-state index contributed by atoms with van der Waals surface area (Å²) in [6.07, 6.45) is 2.42. The summed E-state index contributed by atoms with van der Waals surface area (Å²) in [5, 5.41) is 2.58. The minimum atomic E-state index is -0.937. The second-order valence-corrected chi connectivity index (χ2v) is 7.00. The van der Waals surface area contributed by atoms with Crippen molar-refractivity contribution >= 4 is 23.7 Å². The van der Waals surface area contributed by atoms with E-state index in [0.29, 0.717) is 37.7 Å². The summed E-state index contributed by atoms with van der Waals surface area (Å²) >= 11 is 0. The number of piperazine rings is 1. The van der Waals surface area contributed by atoms with E-state index in [0.717, 1.165) is 0 Å². The lowest BCUT2D eigenvalue weighted by molar-refractivity contribution is -0.160. The predicted molar refractivity (Wildman–Crippen MR) is 110 cm³/mol. The fourth-order valence-corrected chi connectivity index (χ4v) is 3.09. The van der Waals surface area contributed by atoms with Gasteiger partial charge in [-0.15, -0.1) is 0 Å². The molecule has 158 valence electrons. The minimum absolute atomic E-state index is 0.265. The van der Waals surface area contributed by atoms with E-state index >= 15 is 0 Å². The number of amides is 2. The van der Waals surface area contributed by atoms with Gasteiger partial charge in [-0.1, -0.05) is 18.2 Å². The van der Waals surface area contributed by atoms with Crippen LogP contribution in [0, 0.1) is 0 Å². The third-order valence-electron chi connectivity index (χ3n) is 4.80. The minimum Gasteiger partial charge on any atom is -0.451 e. The molecule has 1 aromatic carbocycles. The van der Waals surface area contributed by atoms with Gasteiger partial charge in [0.25, 0.3) is 11.8 Å². The molecule has 1 saturated heterocycles. The van der Waals surface area contributed by atoms with Crippen LogP contribution in [0.3, 0.4) is 0 Å². The standard InChI is InChI=1S/C21H25N5O4/c1-15(24-18(27)17-7-4-3-5-8-17)20(29)30-16(2)19(28)25-11-13-26(14-12-25)21-22-9-6-10-23-21/h3-10,15-16H,11-14H2,1-2H3,(H,24,27)/t15-,16?/m0/s1. The van der Waals surface area contributed by atoms with E-state index in [4.69, 9.17) is 4.74 Å². The largest absolute Gasteiger partial charge is 0.451 e. The van der Waals surface area contributed by atoms with Gasteiger partial charge in [0.15, 0.2) is 6.10 Å². The highest BCUT2D eigenvalue weighted by atomic mass is 16.5. The Kier molecular flexibility index (Phi) is 6.95. The highest BCUT2D eigenvalue weighted by Gasteiger charge is 2.29. The summed E-state index contributed by atoms with van der Waals surface area (Å²) in [7, 11) is 0. The predicted octanol–water partition coefficient (Wildman–Crippen LogP) is 0.875. The van der Waals surface area contributed by atoms with Crippen LogP contribution < -0.4 is 10.2 Å². The first kappa shape index (κ1) is 21.2. The van der Waals surface area contributed by atoms with Crippen LogP contribution in [-0.2, 0) is 14.3 Å². The monoisotopic (exact) mass is 411 g/mol. The molecule has 2 heterocycles. The van der Waals surface area contributed by atoms with Crippen molar-refractivity contribution in [3.63, 3.8) is 0 Å². The van der Waals surface area contributed by atoms with Crippen LogP contribution in [0.5, 0.6) is 0 Å². The van der Waals surface area contributed by atoms with Crippen molar-refractivity contribution in [2.75, 3.05) is 31.1 Å². The SMILES string of the molecule is CC(OC(=O)[C@H](C)NC(=O)c1ccccc1)C(=O)N1CCN(c2ncccn2)CC1. The van der Waals surface area contributed by atoms with E-state index in [2.05, 4.69) is 15.3 Å². The molecule has 1 N–H and O–H groups in total. The number of rotatable bonds is 6. The zero-order valence-electron chi connectivity index (χ0n) is 17.0. The third-order valence-corrected chi connectivity index (χ3v) is 4.80. The molecule has 0 spiro atoms. The average Bonchev–Trinajstić information content (AvgIpc) is 2.79. The summed E-state index contributed by atoms with van der Waals surface area (Å²) in [4.78, 5) is 49.2. The number of carbonyl (C=O) groups is 3. The van der Waals surface area contributed by atoms with Gasteiger partial charge in [0.05, 0.1) is 0 Å². The Bertz CT molecular complexity index is 869. The van der Waals surface area contributed by atoms with E-state index in [9.17, 15) is 14.4 Å². The molecular formula is C21H25N5O4. The number of carbonyl (C=O) groups excluding carboxylic acids is 3. The van der Waals surface area contributed by atoms with Gasteiger partial charge in [-0.05, 0) is 32.0 Å².